The highest BCUT2D eigenvalue weighted by Gasteiger charge is 2.16. The Morgan fingerprint density at radius 1 is 1.10 bits per heavy atom. The molecular weight excluding hydrogens is 322 g/mol. The van der Waals surface area contributed by atoms with E-state index in [1.165, 1.54) is 18.2 Å². The van der Waals surface area contributed by atoms with Crippen LogP contribution in [0.5, 0.6) is 0 Å². The van der Waals surface area contributed by atoms with Gasteiger partial charge in [0.25, 0.3) is 10.0 Å². The first-order valence-corrected chi connectivity index (χ1v) is 7.65. The molecule has 4 nitrogen and oxygen atoms in total. The van der Waals surface area contributed by atoms with Gasteiger partial charge in [-0.25, -0.2) is 17.2 Å². The number of rotatable bonds is 4. The van der Waals surface area contributed by atoms with Gasteiger partial charge in [0.05, 0.1) is 10.6 Å². The Kier molecular flexibility index (Phi) is 4.46. The number of anilines is 1. The first-order valence-electron chi connectivity index (χ1n) is 5.79. The average molecular weight is 333 g/mol. The fourth-order valence-corrected chi connectivity index (χ4v) is 2.99. The van der Waals surface area contributed by atoms with E-state index in [9.17, 15) is 17.2 Å². The van der Waals surface area contributed by atoms with E-state index < -0.39 is 21.7 Å². The summed E-state index contributed by atoms with van der Waals surface area (Å²) in [4.78, 5) is -0.1000. The van der Waals surface area contributed by atoms with Gasteiger partial charge < -0.3 is 5.73 Å². The molecule has 0 spiro atoms. The van der Waals surface area contributed by atoms with Crippen LogP contribution in [0.3, 0.4) is 0 Å². The Bertz CT molecular complexity index is 761. The minimum absolute atomic E-state index is 0.0663. The molecule has 3 N–H and O–H groups in total. The zero-order chi connectivity index (χ0) is 15.6. The van der Waals surface area contributed by atoms with Gasteiger partial charge in [-0.15, -0.1) is 0 Å². The van der Waals surface area contributed by atoms with Crippen LogP contribution < -0.4 is 10.5 Å². The van der Waals surface area contributed by atoms with E-state index in [1.807, 2.05) is 0 Å². The Hall–Kier alpha value is -1.70. The van der Waals surface area contributed by atoms with Gasteiger partial charge in [-0.2, -0.15) is 0 Å². The van der Waals surface area contributed by atoms with Gasteiger partial charge in [0.15, 0.2) is 0 Å². The van der Waals surface area contributed by atoms with E-state index >= 15 is 0 Å². The van der Waals surface area contributed by atoms with E-state index in [-0.39, 0.29) is 17.1 Å². The van der Waals surface area contributed by atoms with Crippen LogP contribution in [0.4, 0.5) is 14.5 Å². The molecule has 2 aromatic carbocycles. The molecule has 0 unspecified atom stereocenters. The van der Waals surface area contributed by atoms with Crippen molar-refractivity contribution in [2.45, 2.75) is 11.4 Å². The molecule has 0 saturated heterocycles. The van der Waals surface area contributed by atoms with Crippen molar-refractivity contribution in [2.75, 3.05) is 4.72 Å². The topological polar surface area (TPSA) is 72.2 Å². The lowest BCUT2D eigenvalue weighted by atomic mass is 10.2. The molecule has 0 fully saturated rings. The highest BCUT2D eigenvalue weighted by Crippen LogP contribution is 2.23. The Morgan fingerprint density at radius 2 is 1.71 bits per heavy atom. The maximum atomic E-state index is 13.1. The molecule has 0 radical (unpaired) electrons. The number of benzene rings is 2. The van der Waals surface area contributed by atoms with E-state index in [4.69, 9.17) is 17.3 Å². The predicted octanol–water partition coefficient (Wildman–Crippen LogP) is 2.88. The fraction of sp³-hybridized carbons (Fsp3) is 0.0769. The summed E-state index contributed by atoms with van der Waals surface area (Å²) in [6.45, 7) is 0.0663. The fourth-order valence-electron chi connectivity index (χ4n) is 1.70. The Morgan fingerprint density at radius 3 is 2.29 bits per heavy atom. The second-order valence-electron chi connectivity index (χ2n) is 4.22. The number of halogens is 3. The van der Waals surface area contributed by atoms with Gasteiger partial charge in [0.2, 0.25) is 0 Å². The molecule has 0 bridgehead atoms. The first kappa shape index (κ1) is 15.7. The van der Waals surface area contributed by atoms with Crippen molar-refractivity contribution < 1.29 is 17.2 Å². The largest absolute Gasteiger partial charge is 0.326 e. The van der Waals surface area contributed by atoms with Crippen LogP contribution in [0.15, 0.2) is 41.3 Å². The summed E-state index contributed by atoms with van der Waals surface area (Å²) < 4.78 is 52.6. The first-order chi connectivity index (χ1) is 9.81. The monoisotopic (exact) mass is 332 g/mol. The van der Waals surface area contributed by atoms with Crippen LogP contribution in [0.1, 0.15) is 5.56 Å². The molecule has 0 aromatic heterocycles. The maximum Gasteiger partial charge on any atom is 0.261 e. The minimum Gasteiger partial charge on any atom is -0.326 e. The van der Waals surface area contributed by atoms with Gasteiger partial charge in [-0.1, -0.05) is 11.6 Å². The second-order valence-corrected chi connectivity index (χ2v) is 6.31. The lowest BCUT2D eigenvalue weighted by Crippen LogP contribution is -2.14. The average Bonchev–Trinajstić information content (AvgIpc) is 2.37. The molecule has 0 heterocycles. The standard InChI is InChI=1S/C13H11ClF2N2O2S/c14-13-2-1-12(3-8(13)7-17)21(19,20)18-11-5-9(15)4-10(16)6-11/h1-6,18H,7,17H2. The molecule has 2 rings (SSSR count). The molecule has 0 aliphatic rings. The van der Waals surface area contributed by atoms with Crippen molar-refractivity contribution in [3.63, 3.8) is 0 Å². The normalized spacial score (nSPS) is 11.4. The zero-order valence-corrected chi connectivity index (χ0v) is 12.2. The van der Waals surface area contributed by atoms with Crippen molar-refractivity contribution >= 4 is 27.3 Å². The number of nitrogens with two attached hydrogens (primary N) is 1. The SMILES string of the molecule is NCc1cc(S(=O)(=O)Nc2cc(F)cc(F)c2)ccc1Cl. The maximum absolute atomic E-state index is 13.1. The van der Waals surface area contributed by atoms with Gasteiger partial charge in [-0.3, -0.25) is 4.72 Å². The van der Waals surface area contributed by atoms with Crippen LogP contribution in [-0.4, -0.2) is 8.42 Å². The minimum atomic E-state index is -3.99. The molecule has 0 aliphatic heterocycles. The summed E-state index contributed by atoms with van der Waals surface area (Å²) in [5.74, 6) is -1.77. The van der Waals surface area contributed by atoms with Crippen LogP contribution in [-0.2, 0) is 16.6 Å². The van der Waals surface area contributed by atoms with E-state index in [2.05, 4.69) is 4.72 Å². The van der Waals surface area contributed by atoms with Crippen molar-refractivity contribution in [1.82, 2.24) is 0 Å². The Balaban J connectivity index is 2.38. The number of sulfonamides is 1. The summed E-state index contributed by atoms with van der Waals surface area (Å²) in [6.07, 6.45) is 0. The molecule has 112 valence electrons. The molecule has 0 amide bonds. The van der Waals surface area contributed by atoms with Crippen molar-refractivity contribution in [1.29, 1.82) is 0 Å². The van der Waals surface area contributed by atoms with Crippen LogP contribution >= 0.6 is 11.6 Å². The number of hydrogen-bond acceptors (Lipinski definition) is 3. The van der Waals surface area contributed by atoms with Gasteiger partial charge in [0, 0.05) is 17.6 Å². The summed E-state index contributed by atoms with van der Waals surface area (Å²) in [6, 6.07) is 6.37. The molecule has 21 heavy (non-hydrogen) atoms. The lowest BCUT2D eigenvalue weighted by molar-refractivity contribution is 0.584. The van der Waals surface area contributed by atoms with Crippen LogP contribution in [0, 0.1) is 11.6 Å². The number of nitrogens with one attached hydrogen (secondary N) is 1. The van der Waals surface area contributed by atoms with Gasteiger partial charge >= 0.3 is 0 Å². The van der Waals surface area contributed by atoms with Crippen molar-refractivity contribution in [3.8, 4) is 0 Å². The number of hydrogen-bond donors (Lipinski definition) is 2. The molecule has 8 heteroatoms. The molecule has 2 aromatic rings. The molecule has 0 aliphatic carbocycles. The van der Waals surface area contributed by atoms with E-state index in [0.717, 1.165) is 12.1 Å². The lowest BCUT2D eigenvalue weighted by Gasteiger charge is -2.10. The third kappa shape index (κ3) is 3.69. The highest BCUT2D eigenvalue weighted by molar-refractivity contribution is 7.92. The Labute approximate surface area is 125 Å². The van der Waals surface area contributed by atoms with E-state index in [1.54, 1.807) is 0 Å². The van der Waals surface area contributed by atoms with Crippen molar-refractivity contribution in [3.05, 3.63) is 58.6 Å². The predicted molar refractivity (Wildman–Crippen MR) is 76.5 cm³/mol. The van der Waals surface area contributed by atoms with Gasteiger partial charge in [0.1, 0.15) is 11.6 Å². The highest BCUT2D eigenvalue weighted by atomic mass is 35.5. The molecule has 0 atom stereocenters. The third-order valence-corrected chi connectivity index (χ3v) is 4.41. The van der Waals surface area contributed by atoms with Gasteiger partial charge in [-0.05, 0) is 35.9 Å². The summed E-state index contributed by atoms with van der Waals surface area (Å²) in [7, 11) is -3.99. The second kappa shape index (κ2) is 5.97. The summed E-state index contributed by atoms with van der Waals surface area (Å²) in [5, 5.41) is 0.341. The van der Waals surface area contributed by atoms with E-state index in [0.29, 0.717) is 16.7 Å². The quantitative estimate of drug-likeness (QED) is 0.904. The van der Waals surface area contributed by atoms with Crippen molar-refractivity contribution in [2.24, 2.45) is 5.73 Å². The molecular formula is C13H11ClF2N2O2S. The third-order valence-electron chi connectivity index (χ3n) is 2.66. The zero-order valence-electron chi connectivity index (χ0n) is 10.6. The smallest absolute Gasteiger partial charge is 0.261 e. The summed E-state index contributed by atoms with van der Waals surface area (Å²) >= 11 is 5.85. The molecule has 0 saturated carbocycles. The van der Waals surface area contributed by atoms with Crippen LogP contribution in [0.2, 0.25) is 5.02 Å². The summed E-state index contributed by atoms with van der Waals surface area (Å²) in [5.41, 5.74) is 5.69. The van der Waals surface area contributed by atoms with Crippen LogP contribution in [0.25, 0.3) is 0 Å².